The zero-order chi connectivity index (χ0) is 13.7. The molecule has 2 aromatic rings. The Hall–Kier alpha value is -1.31. The van der Waals surface area contributed by atoms with Gasteiger partial charge in [0.15, 0.2) is 0 Å². The number of benzene rings is 1. The van der Waals surface area contributed by atoms with Gasteiger partial charge in [-0.05, 0) is 25.5 Å². The van der Waals surface area contributed by atoms with Crippen molar-refractivity contribution in [2.24, 2.45) is 0 Å². The summed E-state index contributed by atoms with van der Waals surface area (Å²) in [6, 6.07) is 10.8. The van der Waals surface area contributed by atoms with Crippen LogP contribution in [0.3, 0.4) is 0 Å². The van der Waals surface area contributed by atoms with Crippen molar-refractivity contribution in [3.8, 4) is 6.07 Å². The molecule has 1 aromatic carbocycles. The molecule has 0 amide bonds. The zero-order valence-electron chi connectivity index (χ0n) is 11.1. The molecule has 1 aromatic heterocycles. The lowest BCUT2D eigenvalue weighted by Crippen LogP contribution is -1.87. The number of nitrogens with zero attached hydrogens (tertiary/aromatic N) is 2. The van der Waals surface area contributed by atoms with Gasteiger partial charge < -0.3 is 0 Å². The molecular formula is C15H16N2S2. The molecule has 2 rings (SSSR count). The van der Waals surface area contributed by atoms with Crippen LogP contribution in [0.15, 0.2) is 29.2 Å². The van der Waals surface area contributed by atoms with Crippen LogP contribution in [-0.2, 0) is 18.6 Å². The van der Waals surface area contributed by atoms with Gasteiger partial charge in [0.1, 0.15) is 5.01 Å². The van der Waals surface area contributed by atoms with E-state index in [1.165, 1.54) is 10.5 Å². The highest BCUT2D eigenvalue weighted by Gasteiger charge is 2.09. The molecule has 4 heteroatoms. The Morgan fingerprint density at radius 1 is 1.32 bits per heavy atom. The third kappa shape index (κ3) is 3.82. The average molecular weight is 288 g/mol. The first-order valence-corrected chi connectivity index (χ1v) is 8.07. The van der Waals surface area contributed by atoms with Gasteiger partial charge in [-0.2, -0.15) is 5.26 Å². The van der Waals surface area contributed by atoms with Crippen molar-refractivity contribution < 1.29 is 0 Å². The van der Waals surface area contributed by atoms with E-state index < -0.39 is 0 Å². The Bertz CT molecular complexity index is 579. The van der Waals surface area contributed by atoms with Crippen LogP contribution in [0.5, 0.6) is 0 Å². The summed E-state index contributed by atoms with van der Waals surface area (Å²) in [6.45, 7) is 4.18. The van der Waals surface area contributed by atoms with E-state index in [1.807, 2.05) is 0 Å². The molecule has 19 heavy (non-hydrogen) atoms. The molecule has 0 saturated heterocycles. The molecule has 0 bridgehead atoms. The number of hydrogen-bond acceptors (Lipinski definition) is 4. The first kappa shape index (κ1) is 14.1. The van der Waals surface area contributed by atoms with Crippen LogP contribution >= 0.6 is 23.1 Å². The minimum atomic E-state index is 0.482. The van der Waals surface area contributed by atoms with E-state index in [9.17, 15) is 0 Å². The van der Waals surface area contributed by atoms with Crippen molar-refractivity contribution in [3.05, 3.63) is 45.4 Å². The molecule has 0 N–H and O–H groups in total. The van der Waals surface area contributed by atoms with E-state index in [0.29, 0.717) is 6.42 Å². The van der Waals surface area contributed by atoms with Gasteiger partial charge in [0.05, 0.1) is 23.9 Å². The summed E-state index contributed by atoms with van der Waals surface area (Å²) < 4.78 is 0. The van der Waals surface area contributed by atoms with Crippen molar-refractivity contribution in [1.29, 1.82) is 5.26 Å². The molecule has 0 aliphatic heterocycles. The predicted octanol–water partition coefficient (Wildman–Crippen LogP) is 4.37. The number of hydrogen-bond donors (Lipinski definition) is 0. The maximum Gasteiger partial charge on any atom is 0.103 e. The van der Waals surface area contributed by atoms with Crippen LogP contribution in [0.25, 0.3) is 0 Å². The lowest BCUT2D eigenvalue weighted by Gasteiger charge is -1.99. The molecule has 0 aliphatic carbocycles. The largest absolute Gasteiger partial charge is 0.245 e. The van der Waals surface area contributed by atoms with Crippen molar-refractivity contribution >= 4 is 23.1 Å². The second kappa shape index (κ2) is 6.74. The van der Waals surface area contributed by atoms with Crippen molar-refractivity contribution in [2.75, 3.05) is 0 Å². The summed E-state index contributed by atoms with van der Waals surface area (Å²) in [6.07, 6.45) is 1.39. The molecule has 0 atom stereocenters. The van der Waals surface area contributed by atoms with E-state index in [1.54, 1.807) is 23.1 Å². The van der Waals surface area contributed by atoms with Gasteiger partial charge in [0, 0.05) is 9.77 Å². The van der Waals surface area contributed by atoms with Gasteiger partial charge in [-0.1, -0.05) is 24.6 Å². The van der Waals surface area contributed by atoms with E-state index >= 15 is 0 Å². The van der Waals surface area contributed by atoms with E-state index in [0.717, 1.165) is 27.8 Å². The Labute approximate surface area is 122 Å². The number of thiazole rings is 1. The number of aryl methyl sites for hydroxylation is 2. The van der Waals surface area contributed by atoms with Gasteiger partial charge in [0.25, 0.3) is 0 Å². The molecule has 2 nitrogen and oxygen atoms in total. The quantitative estimate of drug-likeness (QED) is 0.766. The minimum absolute atomic E-state index is 0.482. The number of thioether (sulfide) groups is 1. The normalized spacial score (nSPS) is 10.4. The standard InChI is InChI=1S/C15H16N2S2/c1-3-13-14(8-9-16)19-15(17-13)10-18-12-6-4-11(2)5-7-12/h4-7H,3,8,10H2,1-2H3. The SMILES string of the molecule is CCc1nc(CSc2ccc(C)cc2)sc1CC#N. The molecule has 0 fully saturated rings. The fourth-order valence-electron chi connectivity index (χ4n) is 1.76. The minimum Gasteiger partial charge on any atom is -0.245 e. The molecule has 0 saturated carbocycles. The fraction of sp³-hybridized carbons (Fsp3) is 0.333. The Kier molecular flexibility index (Phi) is 5.00. The van der Waals surface area contributed by atoms with Crippen molar-refractivity contribution in [1.82, 2.24) is 4.98 Å². The average Bonchev–Trinajstić information content (AvgIpc) is 2.81. The third-order valence-electron chi connectivity index (χ3n) is 2.78. The van der Waals surface area contributed by atoms with Crippen LogP contribution < -0.4 is 0 Å². The maximum absolute atomic E-state index is 8.81. The van der Waals surface area contributed by atoms with Crippen molar-refractivity contribution in [2.45, 2.75) is 37.3 Å². The van der Waals surface area contributed by atoms with Gasteiger partial charge in [0.2, 0.25) is 0 Å². The van der Waals surface area contributed by atoms with Gasteiger partial charge in [-0.25, -0.2) is 4.98 Å². The molecule has 0 unspecified atom stereocenters. The van der Waals surface area contributed by atoms with Gasteiger partial charge in [-0.3, -0.25) is 0 Å². The van der Waals surface area contributed by atoms with Crippen LogP contribution in [0, 0.1) is 18.3 Å². The Morgan fingerprint density at radius 2 is 2.05 bits per heavy atom. The van der Waals surface area contributed by atoms with E-state index in [-0.39, 0.29) is 0 Å². The maximum atomic E-state index is 8.81. The van der Waals surface area contributed by atoms with Gasteiger partial charge in [-0.15, -0.1) is 23.1 Å². The summed E-state index contributed by atoms with van der Waals surface area (Å²) in [5.74, 6) is 0.881. The van der Waals surface area contributed by atoms with Crippen LogP contribution in [0.1, 0.15) is 28.1 Å². The van der Waals surface area contributed by atoms with Gasteiger partial charge >= 0.3 is 0 Å². The van der Waals surface area contributed by atoms with Crippen LogP contribution in [0.2, 0.25) is 0 Å². The lowest BCUT2D eigenvalue weighted by atomic mass is 10.2. The molecular weight excluding hydrogens is 272 g/mol. The topological polar surface area (TPSA) is 36.7 Å². The van der Waals surface area contributed by atoms with Crippen LogP contribution in [-0.4, -0.2) is 4.98 Å². The molecule has 0 aliphatic rings. The Balaban J connectivity index is 2.03. The molecule has 98 valence electrons. The highest BCUT2D eigenvalue weighted by atomic mass is 32.2. The second-order valence-corrected chi connectivity index (χ2v) is 6.48. The number of rotatable bonds is 5. The highest BCUT2D eigenvalue weighted by molar-refractivity contribution is 7.98. The third-order valence-corrected chi connectivity index (χ3v) is 5.08. The summed E-state index contributed by atoms with van der Waals surface area (Å²) in [4.78, 5) is 7.02. The fourth-order valence-corrected chi connectivity index (χ4v) is 3.74. The highest BCUT2D eigenvalue weighted by Crippen LogP contribution is 2.27. The molecule has 1 heterocycles. The van der Waals surface area contributed by atoms with E-state index in [2.05, 4.69) is 49.2 Å². The summed E-state index contributed by atoms with van der Waals surface area (Å²) in [5.41, 5.74) is 2.37. The lowest BCUT2D eigenvalue weighted by molar-refractivity contribution is 1.01. The zero-order valence-corrected chi connectivity index (χ0v) is 12.8. The predicted molar refractivity (Wildman–Crippen MR) is 81.5 cm³/mol. The van der Waals surface area contributed by atoms with Crippen molar-refractivity contribution in [3.63, 3.8) is 0 Å². The summed E-state index contributed by atoms with van der Waals surface area (Å²) in [7, 11) is 0. The van der Waals surface area contributed by atoms with Crippen LogP contribution in [0.4, 0.5) is 0 Å². The number of aromatic nitrogens is 1. The summed E-state index contributed by atoms with van der Waals surface area (Å²) in [5, 5.41) is 9.92. The number of nitriles is 1. The van der Waals surface area contributed by atoms with E-state index in [4.69, 9.17) is 5.26 Å². The monoisotopic (exact) mass is 288 g/mol. The Morgan fingerprint density at radius 3 is 2.68 bits per heavy atom. The summed E-state index contributed by atoms with van der Waals surface area (Å²) >= 11 is 3.47. The molecule has 0 radical (unpaired) electrons. The second-order valence-electron chi connectivity index (χ2n) is 4.27. The first-order valence-electron chi connectivity index (χ1n) is 6.26. The first-order chi connectivity index (χ1) is 9.22. The molecule has 0 spiro atoms. The smallest absolute Gasteiger partial charge is 0.103 e.